The lowest BCUT2D eigenvalue weighted by Crippen LogP contribution is -2.37. The summed E-state index contributed by atoms with van der Waals surface area (Å²) in [5.74, 6) is -0.721. The fourth-order valence-corrected chi connectivity index (χ4v) is 2.85. The Balaban J connectivity index is 1.88. The quantitative estimate of drug-likeness (QED) is 0.416. The molecular formula is C19H17ClF3N3O3. The summed E-state index contributed by atoms with van der Waals surface area (Å²) in [7, 11) is 0. The second-order valence-corrected chi connectivity index (χ2v) is 6.69. The third-order valence-electron chi connectivity index (χ3n) is 4.23. The number of pyridine rings is 1. The summed E-state index contributed by atoms with van der Waals surface area (Å²) in [6, 6.07) is 7.04. The molecule has 0 bridgehead atoms. The first-order valence-electron chi connectivity index (χ1n) is 8.67. The van der Waals surface area contributed by atoms with E-state index in [0.717, 1.165) is 12.3 Å². The summed E-state index contributed by atoms with van der Waals surface area (Å²) in [5, 5.41) is 4.24. The normalized spacial score (nSPS) is 15.3. The Hall–Kier alpha value is -2.65. The van der Waals surface area contributed by atoms with Gasteiger partial charge in [-0.2, -0.15) is 13.2 Å². The first-order valence-corrected chi connectivity index (χ1v) is 9.05. The van der Waals surface area contributed by atoms with Gasteiger partial charge >= 0.3 is 12.1 Å². The van der Waals surface area contributed by atoms with Crippen molar-refractivity contribution < 1.29 is 27.5 Å². The molecule has 29 heavy (non-hydrogen) atoms. The van der Waals surface area contributed by atoms with Crippen LogP contribution in [0.15, 0.2) is 41.7 Å². The number of aromatic nitrogens is 1. The fraction of sp³-hybridized carbons (Fsp3) is 0.316. The van der Waals surface area contributed by atoms with E-state index in [0.29, 0.717) is 31.3 Å². The molecule has 1 aromatic heterocycles. The van der Waals surface area contributed by atoms with Crippen LogP contribution in [0, 0.1) is 0 Å². The number of nitrogens with zero attached hydrogens (tertiary/aromatic N) is 3. The van der Waals surface area contributed by atoms with Crippen LogP contribution in [0.2, 0.25) is 5.02 Å². The zero-order valence-corrected chi connectivity index (χ0v) is 16.1. The second kappa shape index (κ2) is 8.79. The SMILES string of the molecule is CC(=NOC(=O)c1ccc(Cl)cc1)c1ncc(C(F)(F)F)cc1N1CCOCC1. The van der Waals surface area contributed by atoms with Crippen LogP contribution in [0.4, 0.5) is 18.9 Å². The highest BCUT2D eigenvalue weighted by Crippen LogP contribution is 2.33. The van der Waals surface area contributed by atoms with Crippen molar-refractivity contribution in [3.05, 3.63) is 58.4 Å². The highest BCUT2D eigenvalue weighted by atomic mass is 35.5. The number of benzene rings is 1. The van der Waals surface area contributed by atoms with Crippen LogP contribution in [-0.4, -0.2) is 43.0 Å². The third kappa shape index (κ3) is 5.24. The number of hydrogen-bond donors (Lipinski definition) is 0. The van der Waals surface area contributed by atoms with E-state index in [9.17, 15) is 18.0 Å². The lowest BCUT2D eigenvalue weighted by molar-refractivity contribution is -0.137. The van der Waals surface area contributed by atoms with E-state index in [-0.39, 0.29) is 22.7 Å². The van der Waals surface area contributed by atoms with Gasteiger partial charge in [0.05, 0.1) is 30.0 Å². The largest absolute Gasteiger partial charge is 0.417 e. The maximum atomic E-state index is 13.1. The molecule has 0 saturated carbocycles. The maximum absolute atomic E-state index is 13.1. The number of rotatable bonds is 4. The molecule has 0 amide bonds. The van der Waals surface area contributed by atoms with Crippen LogP contribution in [-0.2, 0) is 15.8 Å². The average molecular weight is 428 g/mol. The summed E-state index contributed by atoms with van der Waals surface area (Å²) in [6.07, 6.45) is -3.79. The number of anilines is 1. The van der Waals surface area contributed by atoms with E-state index in [1.54, 1.807) is 4.90 Å². The highest BCUT2D eigenvalue weighted by molar-refractivity contribution is 6.30. The van der Waals surface area contributed by atoms with E-state index in [2.05, 4.69) is 10.1 Å². The Morgan fingerprint density at radius 3 is 2.52 bits per heavy atom. The molecule has 10 heteroatoms. The number of carbonyl (C=O) groups excluding carboxylic acids is 1. The molecule has 1 aliphatic rings. The van der Waals surface area contributed by atoms with Crippen LogP contribution < -0.4 is 4.90 Å². The van der Waals surface area contributed by atoms with Crippen molar-refractivity contribution in [1.29, 1.82) is 0 Å². The van der Waals surface area contributed by atoms with Crippen LogP contribution in [0.3, 0.4) is 0 Å². The van der Waals surface area contributed by atoms with Crippen LogP contribution in [0.5, 0.6) is 0 Å². The topological polar surface area (TPSA) is 64.0 Å². The zero-order chi connectivity index (χ0) is 21.0. The standard InChI is InChI=1S/C19H17ClF3N3O3/c1-12(25-29-18(27)13-2-4-15(20)5-3-13)17-16(26-6-8-28-9-7-26)10-14(11-24-17)19(21,22)23/h2-5,10-11H,6-9H2,1H3. The van der Waals surface area contributed by atoms with Gasteiger partial charge in [0.1, 0.15) is 11.4 Å². The molecule has 6 nitrogen and oxygen atoms in total. The van der Waals surface area contributed by atoms with Crippen LogP contribution in [0.25, 0.3) is 0 Å². The summed E-state index contributed by atoms with van der Waals surface area (Å²) in [4.78, 5) is 22.7. The molecule has 0 atom stereocenters. The molecule has 1 aliphatic heterocycles. The molecular weight excluding hydrogens is 411 g/mol. The number of carbonyl (C=O) groups is 1. The van der Waals surface area contributed by atoms with Gasteiger partial charge in [-0.15, -0.1) is 0 Å². The zero-order valence-electron chi connectivity index (χ0n) is 15.4. The Kier molecular flexibility index (Phi) is 6.39. The third-order valence-corrected chi connectivity index (χ3v) is 4.49. The Morgan fingerprint density at radius 2 is 1.90 bits per heavy atom. The fourth-order valence-electron chi connectivity index (χ4n) is 2.72. The molecule has 0 aliphatic carbocycles. The first kappa shape index (κ1) is 21.1. The number of alkyl halides is 3. The minimum Gasteiger partial charge on any atom is -0.378 e. The number of oxime groups is 1. The molecule has 2 heterocycles. The minimum atomic E-state index is -4.53. The van der Waals surface area contributed by atoms with Gasteiger partial charge in [0.25, 0.3) is 0 Å². The molecule has 1 fully saturated rings. The molecule has 1 saturated heterocycles. The summed E-state index contributed by atoms with van der Waals surface area (Å²) in [6.45, 7) is 3.10. The summed E-state index contributed by atoms with van der Waals surface area (Å²) < 4.78 is 44.7. The van der Waals surface area contributed by atoms with Gasteiger partial charge in [0.2, 0.25) is 0 Å². The monoisotopic (exact) mass is 427 g/mol. The lowest BCUT2D eigenvalue weighted by Gasteiger charge is -2.30. The summed E-state index contributed by atoms with van der Waals surface area (Å²) in [5.41, 5.74) is -0.00770. The Labute approximate surface area is 169 Å². The smallest absolute Gasteiger partial charge is 0.378 e. The summed E-state index contributed by atoms with van der Waals surface area (Å²) >= 11 is 5.78. The van der Waals surface area contributed by atoms with Crippen molar-refractivity contribution in [3.8, 4) is 0 Å². The molecule has 0 spiro atoms. The molecule has 0 radical (unpaired) electrons. The van der Waals surface area contributed by atoms with Gasteiger partial charge in [0, 0.05) is 24.3 Å². The van der Waals surface area contributed by atoms with Crippen LogP contribution in [0.1, 0.15) is 28.5 Å². The number of hydrogen-bond acceptors (Lipinski definition) is 6. The van der Waals surface area contributed by atoms with E-state index < -0.39 is 17.7 Å². The van der Waals surface area contributed by atoms with E-state index >= 15 is 0 Å². The van der Waals surface area contributed by atoms with Crippen molar-refractivity contribution >= 4 is 29.0 Å². The molecule has 0 unspecified atom stereocenters. The van der Waals surface area contributed by atoms with Crippen LogP contribution >= 0.6 is 11.6 Å². The molecule has 3 rings (SSSR count). The Bertz CT molecular complexity index is 911. The first-order chi connectivity index (χ1) is 13.8. The van der Waals surface area contributed by atoms with Gasteiger partial charge in [-0.3, -0.25) is 4.98 Å². The van der Waals surface area contributed by atoms with Crippen molar-refractivity contribution in [2.75, 3.05) is 31.2 Å². The molecule has 1 aromatic carbocycles. The van der Waals surface area contributed by atoms with Crippen molar-refractivity contribution in [2.24, 2.45) is 5.16 Å². The van der Waals surface area contributed by atoms with Gasteiger partial charge in [-0.05, 0) is 37.3 Å². The molecule has 0 N–H and O–H groups in total. The highest BCUT2D eigenvalue weighted by Gasteiger charge is 2.33. The van der Waals surface area contributed by atoms with Gasteiger partial charge in [-0.25, -0.2) is 4.79 Å². The minimum absolute atomic E-state index is 0.169. The van der Waals surface area contributed by atoms with Gasteiger partial charge in [0.15, 0.2) is 0 Å². The van der Waals surface area contributed by atoms with Crippen molar-refractivity contribution in [3.63, 3.8) is 0 Å². The van der Waals surface area contributed by atoms with Crippen molar-refractivity contribution in [2.45, 2.75) is 13.1 Å². The molecule has 154 valence electrons. The lowest BCUT2D eigenvalue weighted by atomic mass is 10.1. The van der Waals surface area contributed by atoms with Crippen molar-refractivity contribution in [1.82, 2.24) is 4.98 Å². The van der Waals surface area contributed by atoms with E-state index in [4.69, 9.17) is 21.2 Å². The number of morpholine rings is 1. The molecule has 2 aromatic rings. The van der Waals surface area contributed by atoms with E-state index in [1.807, 2.05) is 0 Å². The Morgan fingerprint density at radius 1 is 1.24 bits per heavy atom. The predicted molar refractivity (Wildman–Crippen MR) is 101 cm³/mol. The predicted octanol–water partition coefficient (Wildman–Crippen LogP) is 4.17. The number of ether oxygens (including phenoxy) is 1. The van der Waals surface area contributed by atoms with Gasteiger partial charge < -0.3 is 14.5 Å². The van der Waals surface area contributed by atoms with Gasteiger partial charge in [-0.1, -0.05) is 16.8 Å². The average Bonchev–Trinajstić information content (AvgIpc) is 2.72. The maximum Gasteiger partial charge on any atom is 0.417 e. The second-order valence-electron chi connectivity index (χ2n) is 6.25. The number of halogens is 4. The van der Waals surface area contributed by atoms with E-state index in [1.165, 1.54) is 31.2 Å².